The summed E-state index contributed by atoms with van der Waals surface area (Å²) >= 11 is 0. The molecule has 1 aliphatic rings. The highest BCUT2D eigenvalue weighted by Crippen LogP contribution is 2.13. The van der Waals surface area contributed by atoms with E-state index < -0.39 is 5.97 Å². The van der Waals surface area contributed by atoms with Gasteiger partial charge in [0.25, 0.3) is 0 Å². The number of hydrogen-bond donors (Lipinski definition) is 1. The smallest absolute Gasteiger partial charge is 0.305 e. The number of hydrazone groups is 1. The SMILES string of the molecule is CC1=NN(C(C)CC(=O)O)C(=O)C1. The Hall–Kier alpha value is -1.39. The Morgan fingerprint density at radius 1 is 1.77 bits per heavy atom. The van der Waals surface area contributed by atoms with Gasteiger partial charge in [-0.15, -0.1) is 0 Å². The van der Waals surface area contributed by atoms with Crippen LogP contribution in [0.15, 0.2) is 5.10 Å². The number of rotatable bonds is 3. The Kier molecular flexibility index (Phi) is 2.65. The number of amides is 1. The molecule has 0 aliphatic carbocycles. The molecule has 0 saturated heterocycles. The lowest BCUT2D eigenvalue weighted by atomic mass is 10.2. The van der Waals surface area contributed by atoms with Gasteiger partial charge in [-0.1, -0.05) is 0 Å². The van der Waals surface area contributed by atoms with Crippen molar-refractivity contribution >= 4 is 17.6 Å². The van der Waals surface area contributed by atoms with Gasteiger partial charge in [0.2, 0.25) is 5.91 Å². The molecule has 0 saturated carbocycles. The summed E-state index contributed by atoms with van der Waals surface area (Å²) in [5, 5.41) is 13.7. The Bertz CT molecular complexity index is 273. The largest absolute Gasteiger partial charge is 0.481 e. The second-order valence-corrected chi connectivity index (χ2v) is 3.20. The van der Waals surface area contributed by atoms with Gasteiger partial charge in [-0.2, -0.15) is 5.10 Å². The molecule has 13 heavy (non-hydrogen) atoms. The van der Waals surface area contributed by atoms with E-state index in [-0.39, 0.29) is 18.4 Å². The first kappa shape index (κ1) is 9.70. The van der Waals surface area contributed by atoms with Crippen LogP contribution in [0.25, 0.3) is 0 Å². The van der Waals surface area contributed by atoms with Gasteiger partial charge in [0.15, 0.2) is 0 Å². The standard InChI is InChI=1S/C8H12N2O3/c1-5-3-7(11)10(9-5)6(2)4-8(12)13/h6H,3-4H2,1-2H3,(H,12,13). The predicted octanol–water partition coefficient (Wildman–Crippen LogP) is 0.458. The fourth-order valence-corrected chi connectivity index (χ4v) is 1.26. The number of hydrogen-bond acceptors (Lipinski definition) is 3. The molecule has 0 radical (unpaired) electrons. The molecular weight excluding hydrogens is 172 g/mol. The van der Waals surface area contributed by atoms with Crippen LogP contribution < -0.4 is 0 Å². The maximum absolute atomic E-state index is 11.2. The van der Waals surface area contributed by atoms with Crippen LogP contribution in [0.2, 0.25) is 0 Å². The molecule has 5 heteroatoms. The summed E-state index contributed by atoms with van der Waals surface area (Å²) in [5.74, 6) is -1.04. The summed E-state index contributed by atoms with van der Waals surface area (Å²) in [5.41, 5.74) is 0.738. The normalized spacial score (nSPS) is 18.8. The van der Waals surface area contributed by atoms with Gasteiger partial charge >= 0.3 is 5.97 Å². The summed E-state index contributed by atoms with van der Waals surface area (Å²) in [6, 6.07) is -0.359. The van der Waals surface area contributed by atoms with E-state index in [1.807, 2.05) is 0 Å². The molecule has 1 rings (SSSR count). The molecular formula is C8H12N2O3. The van der Waals surface area contributed by atoms with Gasteiger partial charge in [0, 0.05) is 5.71 Å². The third-order valence-electron chi connectivity index (χ3n) is 1.83. The van der Waals surface area contributed by atoms with Crippen molar-refractivity contribution in [3.63, 3.8) is 0 Å². The zero-order chi connectivity index (χ0) is 10.0. The highest BCUT2D eigenvalue weighted by atomic mass is 16.4. The molecule has 0 aromatic carbocycles. The van der Waals surface area contributed by atoms with Gasteiger partial charge in [-0.3, -0.25) is 9.59 Å². The maximum atomic E-state index is 11.2. The summed E-state index contributed by atoms with van der Waals surface area (Å²) in [6.45, 7) is 3.43. The Morgan fingerprint density at radius 2 is 2.38 bits per heavy atom. The van der Waals surface area contributed by atoms with Crippen LogP contribution in [-0.4, -0.2) is 33.7 Å². The Labute approximate surface area is 76.0 Å². The molecule has 1 N–H and O–H groups in total. The van der Waals surface area contributed by atoms with Crippen LogP contribution in [-0.2, 0) is 9.59 Å². The first-order chi connectivity index (χ1) is 6.00. The van der Waals surface area contributed by atoms with Crippen LogP contribution in [0, 0.1) is 0 Å². The molecule has 1 aliphatic heterocycles. The van der Waals surface area contributed by atoms with E-state index >= 15 is 0 Å². The summed E-state index contributed by atoms with van der Waals surface area (Å²) in [7, 11) is 0. The quantitative estimate of drug-likeness (QED) is 0.692. The van der Waals surface area contributed by atoms with Gasteiger partial charge < -0.3 is 5.11 Å². The molecule has 0 aromatic rings. The number of carboxylic acid groups (broad SMARTS) is 1. The van der Waals surface area contributed by atoms with Crippen molar-refractivity contribution in [1.82, 2.24) is 5.01 Å². The van der Waals surface area contributed by atoms with Crippen molar-refractivity contribution in [3.8, 4) is 0 Å². The molecule has 72 valence electrons. The maximum Gasteiger partial charge on any atom is 0.305 e. The monoisotopic (exact) mass is 184 g/mol. The lowest BCUT2D eigenvalue weighted by Gasteiger charge is -2.18. The molecule has 1 amide bonds. The number of carbonyl (C=O) groups excluding carboxylic acids is 1. The molecule has 0 bridgehead atoms. The summed E-state index contributed by atoms with van der Waals surface area (Å²) in [6.07, 6.45) is 0.243. The molecule has 1 atom stereocenters. The fraction of sp³-hybridized carbons (Fsp3) is 0.625. The number of aliphatic carboxylic acids is 1. The van der Waals surface area contributed by atoms with E-state index in [4.69, 9.17) is 5.11 Å². The third-order valence-corrected chi connectivity index (χ3v) is 1.83. The first-order valence-electron chi connectivity index (χ1n) is 4.08. The minimum atomic E-state index is -0.917. The fourth-order valence-electron chi connectivity index (χ4n) is 1.26. The highest BCUT2D eigenvalue weighted by Gasteiger charge is 2.26. The molecule has 1 heterocycles. The predicted molar refractivity (Wildman–Crippen MR) is 46.3 cm³/mol. The molecule has 0 spiro atoms. The molecule has 0 fully saturated rings. The topological polar surface area (TPSA) is 70.0 Å². The van der Waals surface area contributed by atoms with Crippen LogP contribution in [0.4, 0.5) is 0 Å². The van der Waals surface area contributed by atoms with E-state index in [0.29, 0.717) is 6.42 Å². The van der Waals surface area contributed by atoms with E-state index in [1.54, 1.807) is 13.8 Å². The van der Waals surface area contributed by atoms with Crippen LogP contribution in [0.5, 0.6) is 0 Å². The number of carboxylic acids is 1. The van der Waals surface area contributed by atoms with Crippen LogP contribution in [0.3, 0.4) is 0 Å². The van der Waals surface area contributed by atoms with Gasteiger partial charge in [0.1, 0.15) is 0 Å². The van der Waals surface area contributed by atoms with Crippen molar-refractivity contribution in [2.45, 2.75) is 32.7 Å². The van der Waals surface area contributed by atoms with Gasteiger partial charge in [0.05, 0.1) is 18.9 Å². The average molecular weight is 184 g/mol. The van der Waals surface area contributed by atoms with Gasteiger partial charge in [-0.25, -0.2) is 5.01 Å². The van der Waals surface area contributed by atoms with Crippen LogP contribution >= 0.6 is 0 Å². The van der Waals surface area contributed by atoms with E-state index in [2.05, 4.69) is 5.10 Å². The Balaban J connectivity index is 2.61. The van der Waals surface area contributed by atoms with Crippen LogP contribution in [0.1, 0.15) is 26.7 Å². The van der Waals surface area contributed by atoms with Crippen molar-refractivity contribution in [2.75, 3.05) is 0 Å². The number of nitrogens with zero attached hydrogens (tertiary/aromatic N) is 2. The summed E-state index contributed by atoms with van der Waals surface area (Å²) < 4.78 is 0. The second-order valence-electron chi connectivity index (χ2n) is 3.20. The van der Waals surface area contributed by atoms with E-state index in [1.165, 1.54) is 5.01 Å². The zero-order valence-corrected chi connectivity index (χ0v) is 7.65. The minimum Gasteiger partial charge on any atom is -0.481 e. The van der Waals surface area contributed by atoms with Crippen molar-refractivity contribution in [1.29, 1.82) is 0 Å². The van der Waals surface area contributed by atoms with Crippen molar-refractivity contribution < 1.29 is 14.7 Å². The third kappa shape index (κ3) is 2.27. The summed E-state index contributed by atoms with van der Waals surface area (Å²) in [4.78, 5) is 21.6. The number of carbonyl (C=O) groups is 2. The Morgan fingerprint density at radius 3 is 2.77 bits per heavy atom. The molecule has 1 unspecified atom stereocenters. The minimum absolute atomic E-state index is 0.0669. The lowest BCUT2D eigenvalue weighted by molar-refractivity contribution is -0.139. The average Bonchev–Trinajstić information content (AvgIpc) is 2.28. The van der Waals surface area contributed by atoms with Crippen molar-refractivity contribution in [3.05, 3.63) is 0 Å². The highest BCUT2D eigenvalue weighted by molar-refractivity contribution is 6.03. The second kappa shape index (κ2) is 3.55. The first-order valence-corrected chi connectivity index (χ1v) is 4.08. The van der Waals surface area contributed by atoms with Gasteiger partial charge in [-0.05, 0) is 13.8 Å². The van der Waals surface area contributed by atoms with E-state index in [0.717, 1.165) is 5.71 Å². The molecule has 5 nitrogen and oxygen atoms in total. The lowest BCUT2D eigenvalue weighted by Crippen LogP contribution is -2.32. The zero-order valence-electron chi connectivity index (χ0n) is 7.65. The van der Waals surface area contributed by atoms with Crippen molar-refractivity contribution in [2.24, 2.45) is 5.10 Å². The molecule has 0 aromatic heterocycles. The van der Waals surface area contributed by atoms with E-state index in [9.17, 15) is 9.59 Å².